The highest BCUT2D eigenvalue weighted by atomic mass is 35.5. The lowest BCUT2D eigenvalue weighted by molar-refractivity contribution is 0.0328. The summed E-state index contributed by atoms with van der Waals surface area (Å²) < 4.78 is 5.27. The lowest BCUT2D eigenvalue weighted by Gasteiger charge is -2.35. The largest absolute Gasteiger partial charge is 0.381 e. The van der Waals surface area contributed by atoms with Crippen LogP contribution in [0.2, 0.25) is 5.28 Å². The summed E-state index contributed by atoms with van der Waals surface area (Å²) in [7, 11) is 1.75. The third-order valence-electron chi connectivity index (χ3n) is 3.34. The number of methoxy groups -OCH3 is 1. The van der Waals surface area contributed by atoms with Crippen molar-refractivity contribution in [1.29, 1.82) is 0 Å². The van der Waals surface area contributed by atoms with Gasteiger partial charge in [0.05, 0.1) is 11.6 Å². The Hall–Kier alpha value is -1.39. The standard InChI is InChI=1S/C13H14ClN3O/c1-18-9-6-8(7-9)15-12-10-4-2-3-5-11(10)16-13(14)17-12/h2-5,8-9H,6-7H2,1H3,(H,15,16,17). The zero-order chi connectivity index (χ0) is 12.5. The number of nitrogens with one attached hydrogen (secondary N) is 1. The smallest absolute Gasteiger partial charge is 0.224 e. The summed E-state index contributed by atoms with van der Waals surface area (Å²) in [6.45, 7) is 0. The van der Waals surface area contributed by atoms with E-state index in [1.807, 2.05) is 24.3 Å². The van der Waals surface area contributed by atoms with E-state index in [1.54, 1.807) is 7.11 Å². The maximum absolute atomic E-state index is 5.94. The first-order valence-electron chi connectivity index (χ1n) is 5.98. The molecule has 18 heavy (non-hydrogen) atoms. The van der Waals surface area contributed by atoms with Gasteiger partial charge in [-0.15, -0.1) is 0 Å². The van der Waals surface area contributed by atoms with Crippen molar-refractivity contribution in [2.24, 2.45) is 0 Å². The highest BCUT2D eigenvalue weighted by Gasteiger charge is 2.29. The normalized spacial score (nSPS) is 22.8. The van der Waals surface area contributed by atoms with Gasteiger partial charge in [0.1, 0.15) is 5.82 Å². The number of anilines is 1. The van der Waals surface area contributed by atoms with Crippen molar-refractivity contribution in [1.82, 2.24) is 9.97 Å². The molecule has 0 atom stereocenters. The summed E-state index contributed by atoms with van der Waals surface area (Å²) in [6, 6.07) is 8.26. The molecular formula is C13H14ClN3O. The Morgan fingerprint density at radius 3 is 2.83 bits per heavy atom. The van der Waals surface area contributed by atoms with Crippen molar-refractivity contribution in [3.05, 3.63) is 29.5 Å². The van der Waals surface area contributed by atoms with Crippen LogP contribution in [-0.4, -0.2) is 29.2 Å². The SMILES string of the molecule is COC1CC(Nc2nc(Cl)nc3ccccc23)C1. The van der Waals surface area contributed by atoms with Crippen LogP contribution < -0.4 is 5.32 Å². The van der Waals surface area contributed by atoms with Gasteiger partial charge in [0, 0.05) is 18.5 Å². The van der Waals surface area contributed by atoms with Crippen molar-refractivity contribution in [3.63, 3.8) is 0 Å². The van der Waals surface area contributed by atoms with E-state index in [2.05, 4.69) is 15.3 Å². The van der Waals surface area contributed by atoms with Gasteiger partial charge in [0.15, 0.2) is 0 Å². The second-order valence-corrected chi connectivity index (χ2v) is 4.87. The number of fused-ring (bicyclic) bond motifs is 1. The lowest BCUT2D eigenvalue weighted by atomic mass is 9.89. The Morgan fingerprint density at radius 1 is 1.28 bits per heavy atom. The van der Waals surface area contributed by atoms with Crippen LogP contribution in [0.4, 0.5) is 5.82 Å². The Kier molecular flexibility index (Phi) is 3.06. The van der Waals surface area contributed by atoms with Gasteiger partial charge in [-0.3, -0.25) is 0 Å². The third-order valence-corrected chi connectivity index (χ3v) is 3.51. The molecule has 0 radical (unpaired) electrons. The molecule has 1 aromatic carbocycles. The molecule has 1 N–H and O–H groups in total. The minimum atomic E-state index is 0.277. The Morgan fingerprint density at radius 2 is 2.06 bits per heavy atom. The Labute approximate surface area is 110 Å². The van der Waals surface area contributed by atoms with Crippen LogP contribution >= 0.6 is 11.6 Å². The van der Waals surface area contributed by atoms with Gasteiger partial charge in [-0.25, -0.2) is 9.97 Å². The van der Waals surface area contributed by atoms with Gasteiger partial charge in [-0.2, -0.15) is 0 Å². The van der Waals surface area contributed by atoms with E-state index < -0.39 is 0 Å². The summed E-state index contributed by atoms with van der Waals surface area (Å²) in [5.41, 5.74) is 0.864. The minimum Gasteiger partial charge on any atom is -0.381 e. The molecule has 0 unspecified atom stereocenters. The fourth-order valence-electron chi connectivity index (χ4n) is 2.23. The number of benzene rings is 1. The number of aromatic nitrogens is 2. The maximum atomic E-state index is 5.94. The van der Waals surface area contributed by atoms with Gasteiger partial charge in [0.2, 0.25) is 5.28 Å². The number of rotatable bonds is 3. The molecule has 1 aromatic heterocycles. The second kappa shape index (κ2) is 4.71. The van der Waals surface area contributed by atoms with Gasteiger partial charge < -0.3 is 10.1 Å². The van der Waals surface area contributed by atoms with Crippen LogP contribution in [0.3, 0.4) is 0 Å². The van der Waals surface area contributed by atoms with Crippen LogP contribution in [0.1, 0.15) is 12.8 Å². The molecular weight excluding hydrogens is 250 g/mol. The zero-order valence-electron chi connectivity index (χ0n) is 10.1. The summed E-state index contributed by atoms with van der Waals surface area (Å²) in [4.78, 5) is 8.48. The first-order valence-corrected chi connectivity index (χ1v) is 6.35. The van der Waals surface area contributed by atoms with Crippen molar-refractivity contribution < 1.29 is 4.74 Å². The molecule has 0 saturated heterocycles. The second-order valence-electron chi connectivity index (χ2n) is 4.53. The Balaban J connectivity index is 1.87. The van der Waals surface area contributed by atoms with Crippen molar-refractivity contribution >= 4 is 28.3 Å². The molecule has 0 amide bonds. The maximum Gasteiger partial charge on any atom is 0.224 e. The van der Waals surface area contributed by atoms with Crippen molar-refractivity contribution in [3.8, 4) is 0 Å². The van der Waals surface area contributed by atoms with E-state index >= 15 is 0 Å². The van der Waals surface area contributed by atoms with Crippen LogP contribution in [0.15, 0.2) is 24.3 Å². The van der Waals surface area contributed by atoms with Crippen LogP contribution in [0.5, 0.6) is 0 Å². The predicted molar refractivity (Wildman–Crippen MR) is 72.0 cm³/mol. The molecule has 94 valence electrons. The summed E-state index contributed by atoms with van der Waals surface area (Å²) in [5.74, 6) is 0.810. The van der Waals surface area contributed by atoms with E-state index in [9.17, 15) is 0 Å². The molecule has 3 rings (SSSR count). The van der Waals surface area contributed by atoms with Gasteiger partial charge in [-0.1, -0.05) is 12.1 Å². The zero-order valence-corrected chi connectivity index (χ0v) is 10.8. The highest BCUT2D eigenvalue weighted by molar-refractivity contribution is 6.28. The Bertz CT molecular complexity index is 569. The molecule has 1 heterocycles. The molecule has 1 fully saturated rings. The first-order chi connectivity index (χ1) is 8.76. The quantitative estimate of drug-likeness (QED) is 0.865. The van der Waals surface area contributed by atoms with E-state index in [4.69, 9.17) is 16.3 Å². The highest BCUT2D eigenvalue weighted by Crippen LogP contribution is 2.29. The molecule has 0 bridgehead atoms. The fraction of sp³-hybridized carbons (Fsp3) is 0.385. The number of halogens is 1. The first kappa shape index (κ1) is 11.7. The van der Waals surface area contributed by atoms with Gasteiger partial charge in [-0.05, 0) is 36.6 Å². The molecule has 5 heteroatoms. The molecule has 1 aliphatic rings. The third kappa shape index (κ3) is 2.13. The fourth-order valence-corrected chi connectivity index (χ4v) is 2.40. The van der Waals surface area contributed by atoms with Crippen LogP contribution in [0.25, 0.3) is 10.9 Å². The summed E-state index contributed by atoms with van der Waals surface area (Å²) in [5, 5.41) is 4.69. The topological polar surface area (TPSA) is 47.0 Å². The monoisotopic (exact) mass is 263 g/mol. The molecule has 1 aliphatic carbocycles. The van der Waals surface area contributed by atoms with E-state index in [0.29, 0.717) is 12.1 Å². The number of nitrogens with zero attached hydrogens (tertiary/aromatic N) is 2. The number of hydrogen-bond donors (Lipinski definition) is 1. The van der Waals surface area contributed by atoms with E-state index in [0.717, 1.165) is 29.6 Å². The minimum absolute atomic E-state index is 0.277. The van der Waals surface area contributed by atoms with Crippen molar-refractivity contribution in [2.75, 3.05) is 12.4 Å². The predicted octanol–water partition coefficient (Wildman–Crippen LogP) is 2.87. The van der Waals surface area contributed by atoms with Crippen LogP contribution in [0, 0.1) is 0 Å². The molecule has 0 spiro atoms. The van der Waals surface area contributed by atoms with E-state index in [1.165, 1.54) is 0 Å². The average molecular weight is 264 g/mol. The van der Waals surface area contributed by atoms with Crippen molar-refractivity contribution in [2.45, 2.75) is 25.0 Å². The molecule has 4 nitrogen and oxygen atoms in total. The molecule has 0 aliphatic heterocycles. The lowest BCUT2D eigenvalue weighted by Crippen LogP contribution is -2.40. The molecule has 1 saturated carbocycles. The number of hydrogen-bond acceptors (Lipinski definition) is 4. The van der Waals surface area contributed by atoms with Gasteiger partial charge >= 0.3 is 0 Å². The summed E-state index contributed by atoms with van der Waals surface area (Å²) >= 11 is 5.94. The van der Waals surface area contributed by atoms with Gasteiger partial charge in [0.25, 0.3) is 0 Å². The summed E-state index contributed by atoms with van der Waals surface area (Å²) in [6.07, 6.45) is 2.38. The number of para-hydroxylation sites is 1. The average Bonchev–Trinajstić information content (AvgIpc) is 2.32. The van der Waals surface area contributed by atoms with E-state index in [-0.39, 0.29) is 5.28 Å². The van der Waals surface area contributed by atoms with Crippen LogP contribution in [-0.2, 0) is 4.74 Å². The number of ether oxygens (including phenoxy) is 1. The molecule has 2 aromatic rings.